The Labute approximate surface area is 227 Å². The lowest BCUT2D eigenvalue weighted by molar-refractivity contribution is 0.0500. The summed E-state index contributed by atoms with van der Waals surface area (Å²) < 4.78 is 21.3. The van der Waals surface area contributed by atoms with Crippen LogP contribution in [-0.4, -0.2) is 31.4 Å². The van der Waals surface area contributed by atoms with E-state index in [4.69, 9.17) is 4.74 Å². The minimum Gasteiger partial charge on any atom is -0.444 e. The molecule has 0 saturated heterocycles. The molecule has 8 heteroatoms. The Balaban J connectivity index is 1.55. The number of fused-ring (bicyclic) bond motifs is 1. The average molecular weight is 526 g/mol. The van der Waals surface area contributed by atoms with E-state index < -0.39 is 17.7 Å². The largest absolute Gasteiger partial charge is 0.444 e. The fourth-order valence-corrected chi connectivity index (χ4v) is 4.64. The lowest BCUT2D eigenvalue weighted by Gasteiger charge is -2.24. The molecule has 7 nitrogen and oxygen atoms in total. The fraction of sp³-hybridized carbons (Fsp3) is 0.258. The van der Waals surface area contributed by atoms with Crippen molar-refractivity contribution in [2.45, 2.75) is 51.8 Å². The molecule has 1 atom stereocenters. The highest BCUT2D eigenvalue weighted by molar-refractivity contribution is 5.83. The molecule has 0 spiro atoms. The second-order valence-electron chi connectivity index (χ2n) is 10.6. The van der Waals surface area contributed by atoms with Crippen LogP contribution in [0.1, 0.15) is 55.2 Å². The van der Waals surface area contributed by atoms with Crippen LogP contribution in [0.3, 0.4) is 0 Å². The number of alkyl carbamates (subject to hydrolysis) is 1. The van der Waals surface area contributed by atoms with Gasteiger partial charge in [-0.15, -0.1) is 10.2 Å². The number of hydrogen-bond donors (Lipinski definition) is 2. The van der Waals surface area contributed by atoms with Crippen molar-refractivity contribution in [2.75, 3.05) is 0 Å². The molecule has 0 aliphatic heterocycles. The van der Waals surface area contributed by atoms with E-state index in [1.54, 1.807) is 12.1 Å². The number of nitrogens with zero attached hydrogens (tertiary/aromatic N) is 3. The highest BCUT2D eigenvalue weighted by atomic mass is 19.1. The second kappa shape index (κ2) is 11.1. The second-order valence-corrected chi connectivity index (χ2v) is 10.6. The van der Waals surface area contributed by atoms with Crippen LogP contribution in [0.4, 0.5) is 9.18 Å². The average Bonchev–Trinajstić information content (AvgIpc) is 3.48. The van der Waals surface area contributed by atoms with Gasteiger partial charge in [0.05, 0.1) is 12.6 Å². The number of ether oxygens (including phenoxy) is 1. The van der Waals surface area contributed by atoms with E-state index in [2.05, 4.69) is 26.6 Å². The topological polar surface area (TPSA) is 84.8 Å². The third-order valence-corrected chi connectivity index (χ3v) is 6.42. The first-order chi connectivity index (χ1) is 18.7. The van der Waals surface area contributed by atoms with Gasteiger partial charge in [0.25, 0.3) is 0 Å². The first kappa shape index (κ1) is 26.2. The van der Waals surface area contributed by atoms with E-state index in [-0.39, 0.29) is 5.82 Å². The molecule has 2 N–H and O–H groups in total. The van der Waals surface area contributed by atoms with Crippen molar-refractivity contribution < 1.29 is 13.9 Å². The van der Waals surface area contributed by atoms with E-state index in [1.165, 1.54) is 12.1 Å². The first-order valence-electron chi connectivity index (χ1n) is 13.0. The molecule has 0 bridgehead atoms. The third-order valence-electron chi connectivity index (χ3n) is 6.42. The third kappa shape index (κ3) is 6.52. The summed E-state index contributed by atoms with van der Waals surface area (Å²) in [6, 6.07) is 23.9. The summed E-state index contributed by atoms with van der Waals surface area (Å²) in [6.45, 7) is 5.91. The van der Waals surface area contributed by atoms with Gasteiger partial charge in [0.2, 0.25) is 0 Å². The van der Waals surface area contributed by atoms with Crippen LogP contribution in [0.15, 0.2) is 85.1 Å². The number of hydrogen-bond acceptors (Lipinski definition) is 4. The van der Waals surface area contributed by atoms with Crippen molar-refractivity contribution in [1.29, 1.82) is 0 Å². The fourth-order valence-electron chi connectivity index (χ4n) is 4.64. The minimum absolute atomic E-state index is 0.295. The number of amides is 1. The lowest BCUT2D eigenvalue weighted by atomic mass is 10.0. The smallest absolute Gasteiger partial charge is 0.408 e. The van der Waals surface area contributed by atoms with Crippen LogP contribution in [-0.2, 0) is 24.1 Å². The molecule has 200 valence electrons. The Morgan fingerprint density at radius 1 is 0.974 bits per heavy atom. The van der Waals surface area contributed by atoms with Crippen LogP contribution in [0.25, 0.3) is 10.9 Å². The molecule has 0 fully saturated rings. The van der Waals surface area contributed by atoms with Crippen molar-refractivity contribution in [3.8, 4) is 0 Å². The number of halogens is 1. The molecule has 0 aliphatic rings. The molecule has 39 heavy (non-hydrogen) atoms. The van der Waals surface area contributed by atoms with Crippen LogP contribution in [0, 0.1) is 5.82 Å². The number of benzene rings is 3. The Bertz CT molecular complexity index is 1550. The van der Waals surface area contributed by atoms with Crippen molar-refractivity contribution in [3.05, 3.63) is 119 Å². The van der Waals surface area contributed by atoms with Crippen molar-refractivity contribution >= 4 is 17.0 Å². The predicted molar refractivity (Wildman–Crippen MR) is 149 cm³/mol. The maximum atomic E-state index is 13.7. The lowest BCUT2D eigenvalue weighted by Crippen LogP contribution is -2.37. The van der Waals surface area contributed by atoms with Gasteiger partial charge in [-0.3, -0.25) is 0 Å². The molecule has 0 aliphatic carbocycles. The number of aromatic amines is 1. The monoisotopic (exact) mass is 525 g/mol. The molecule has 2 heterocycles. The van der Waals surface area contributed by atoms with Gasteiger partial charge in [0.1, 0.15) is 17.2 Å². The van der Waals surface area contributed by atoms with Gasteiger partial charge >= 0.3 is 6.09 Å². The summed E-state index contributed by atoms with van der Waals surface area (Å²) in [7, 11) is 0. The molecule has 0 unspecified atom stereocenters. The number of aromatic nitrogens is 4. The van der Waals surface area contributed by atoms with Gasteiger partial charge in [-0.1, -0.05) is 60.7 Å². The number of nitrogens with one attached hydrogen (secondary N) is 2. The highest BCUT2D eigenvalue weighted by Crippen LogP contribution is 2.26. The van der Waals surface area contributed by atoms with Crippen LogP contribution < -0.4 is 5.32 Å². The van der Waals surface area contributed by atoms with Gasteiger partial charge in [-0.2, -0.15) is 0 Å². The number of H-pyrrole nitrogens is 1. The molecule has 5 rings (SSSR count). The first-order valence-corrected chi connectivity index (χ1v) is 13.0. The number of para-hydroxylation sites is 1. The number of carbonyl (C=O) groups is 1. The predicted octanol–water partition coefficient (Wildman–Crippen LogP) is 6.35. The molecule has 3 aromatic carbocycles. The minimum atomic E-state index is -0.657. The Kier molecular flexibility index (Phi) is 7.45. The summed E-state index contributed by atoms with van der Waals surface area (Å²) >= 11 is 0. The standard InChI is InChI=1S/C31H32FN5O2/c1-31(2,3)39-30(38)34-27(18-23-19-33-26-12-8-7-11-25(23)26)29-36-35-28(17-21-9-5-4-6-10-21)37(29)20-22-13-15-24(32)16-14-22/h4-16,19,27,33H,17-18,20H2,1-3H3,(H,34,38)/t27-/m1/s1. The summed E-state index contributed by atoms with van der Waals surface area (Å²) in [5.74, 6) is 1.05. The maximum absolute atomic E-state index is 13.7. The Hall–Kier alpha value is -4.46. The number of carbonyl (C=O) groups excluding carboxylic acids is 1. The molecular formula is C31H32FN5O2. The van der Waals surface area contributed by atoms with Crippen molar-refractivity contribution in [2.24, 2.45) is 0 Å². The zero-order valence-corrected chi connectivity index (χ0v) is 22.3. The van der Waals surface area contributed by atoms with E-state index in [0.29, 0.717) is 25.2 Å². The van der Waals surface area contributed by atoms with Crippen LogP contribution in [0.5, 0.6) is 0 Å². The van der Waals surface area contributed by atoms with Crippen LogP contribution in [0.2, 0.25) is 0 Å². The zero-order chi connectivity index (χ0) is 27.4. The van der Waals surface area contributed by atoms with Crippen LogP contribution >= 0.6 is 0 Å². The van der Waals surface area contributed by atoms with E-state index in [0.717, 1.165) is 33.4 Å². The Morgan fingerprint density at radius 2 is 1.69 bits per heavy atom. The van der Waals surface area contributed by atoms with E-state index in [9.17, 15) is 9.18 Å². The maximum Gasteiger partial charge on any atom is 0.408 e. The van der Waals surface area contributed by atoms with Crippen molar-refractivity contribution in [1.82, 2.24) is 25.1 Å². The van der Waals surface area contributed by atoms with Gasteiger partial charge in [-0.25, -0.2) is 9.18 Å². The SMILES string of the molecule is CC(C)(C)OC(=O)N[C@H](Cc1c[nH]c2ccccc12)c1nnc(Cc2ccccc2)n1Cc1ccc(F)cc1. The summed E-state index contributed by atoms with van der Waals surface area (Å²) in [5.41, 5.74) is 3.38. The highest BCUT2D eigenvalue weighted by Gasteiger charge is 2.27. The Morgan fingerprint density at radius 3 is 2.44 bits per heavy atom. The van der Waals surface area contributed by atoms with Gasteiger partial charge in [-0.05, 0) is 55.7 Å². The summed E-state index contributed by atoms with van der Waals surface area (Å²) in [6.07, 6.45) is 2.45. The van der Waals surface area contributed by atoms with Gasteiger partial charge in [0.15, 0.2) is 5.82 Å². The molecular weight excluding hydrogens is 493 g/mol. The normalized spacial score (nSPS) is 12.4. The summed E-state index contributed by atoms with van der Waals surface area (Å²) in [4.78, 5) is 16.3. The molecule has 5 aromatic rings. The molecule has 0 radical (unpaired) electrons. The van der Waals surface area contributed by atoms with E-state index >= 15 is 0 Å². The molecule has 1 amide bonds. The van der Waals surface area contributed by atoms with Gasteiger partial charge in [0, 0.05) is 29.9 Å². The van der Waals surface area contributed by atoms with E-state index in [1.807, 2.05) is 80.1 Å². The summed E-state index contributed by atoms with van der Waals surface area (Å²) in [5, 5.41) is 13.3. The quantitative estimate of drug-likeness (QED) is 0.247. The molecule has 0 saturated carbocycles. The van der Waals surface area contributed by atoms with Crippen molar-refractivity contribution in [3.63, 3.8) is 0 Å². The van der Waals surface area contributed by atoms with Gasteiger partial charge < -0.3 is 19.6 Å². The molecule has 2 aromatic heterocycles. The number of rotatable bonds is 8. The zero-order valence-electron chi connectivity index (χ0n) is 22.3.